The number of aromatic nitrogens is 2. The van der Waals surface area contributed by atoms with E-state index in [-0.39, 0.29) is 47.7 Å². The van der Waals surface area contributed by atoms with Crippen LogP contribution in [0, 0.1) is 0 Å². The SMILES string of the molecule is CC[C@@H]1CC(N(Cc2cc(Cl)cc(C(F)(F)F)c2)c2ncc(/C(N)=N/NN)c[nH+]2)C[C@H](CC)N1C(=O)OC(C)C. The molecule has 1 aromatic carbocycles. The molecule has 1 aromatic heterocycles. The van der Waals surface area contributed by atoms with E-state index in [0.717, 1.165) is 12.1 Å². The fraction of sp³-hybridized carbons (Fsp3) is 0.538. The molecule has 0 spiro atoms. The summed E-state index contributed by atoms with van der Waals surface area (Å²) in [4.78, 5) is 24.4. The number of H-pyrrole nitrogens is 1. The van der Waals surface area contributed by atoms with Crippen LogP contribution in [0.25, 0.3) is 0 Å². The van der Waals surface area contributed by atoms with E-state index < -0.39 is 11.7 Å². The first-order valence-corrected chi connectivity index (χ1v) is 13.5. The van der Waals surface area contributed by atoms with Crippen molar-refractivity contribution in [3.63, 3.8) is 0 Å². The van der Waals surface area contributed by atoms with Crippen LogP contribution in [0.4, 0.5) is 23.9 Å². The number of nitrogens with two attached hydrogens (primary N) is 2. The Bertz CT molecular complexity index is 1170. The van der Waals surface area contributed by atoms with Crippen LogP contribution in [0.1, 0.15) is 70.1 Å². The second kappa shape index (κ2) is 13.4. The van der Waals surface area contributed by atoms with Crippen molar-refractivity contribution in [2.75, 3.05) is 4.90 Å². The van der Waals surface area contributed by atoms with Gasteiger partial charge in [0.1, 0.15) is 6.20 Å². The lowest BCUT2D eigenvalue weighted by molar-refractivity contribution is -0.369. The number of carbonyl (C=O) groups excluding carboxylic acids is 1. The van der Waals surface area contributed by atoms with Gasteiger partial charge in [0, 0.05) is 29.9 Å². The van der Waals surface area contributed by atoms with E-state index in [2.05, 4.69) is 20.6 Å². The van der Waals surface area contributed by atoms with Crippen molar-refractivity contribution in [1.29, 1.82) is 0 Å². The highest BCUT2D eigenvalue weighted by atomic mass is 35.5. The Balaban J connectivity index is 2.03. The number of alkyl halides is 3. The molecule has 1 aliphatic rings. The second-order valence-corrected chi connectivity index (χ2v) is 10.5. The molecule has 1 saturated heterocycles. The van der Waals surface area contributed by atoms with E-state index in [1.54, 1.807) is 20.0 Å². The number of hydrazone groups is 1. The van der Waals surface area contributed by atoms with E-state index in [1.807, 2.05) is 23.6 Å². The highest BCUT2D eigenvalue weighted by molar-refractivity contribution is 6.30. The lowest BCUT2D eigenvalue weighted by Crippen LogP contribution is -2.57. The number of anilines is 1. The molecule has 3 rings (SSSR count). The highest BCUT2D eigenvalue weighted by Crippen LogP contribution is 2.35. The van der Waals surface area contributed by atoms with E-state index in [4.69, 9.17) is 27.9 Å². The number of likely N-dealkylation sites (tertiary alicyclic amines) is 1. The summed E-state index contributed by atoms with van der Waals surface area (Å²) in [5, 5.41) is 3.72. The van der Waals surface area contributed by atoms with Gasteiger partial charge in [-0.25, -0.2) is 21.2 Å². The second-order valence-electron chi connectivity index (χ2n) is 10.0. The van der Waals surface area contributed by atoms with Crippen molar-refractivity contribution in [2.45, 2.75) is 90.3 Å². The molecular weight excluding hydrogens is 549 g/mol. The number of carbonyl (C=O) groups is 1. The zero-order valence-corrected chi connectivity index (χ0v) is 23.8. The van der Waals surface area contributed by atoms with Crippen LogP contribution in [-0.2, 0) is 17.5 Å². The summed E-state index contributed by atoms with van der Waals surface area (Å²) >= 11 is 6.10. The minimum atomic E-state index is -4.55. The van der Waals surface area contributed by atoms with Gasteiger partial charge < -0.3 is 15.4 Å². The summed E-state index contributed by atoms with van der Waals surface area (Å²) in [5.41, 5.74) is 8.02. The molecule has 1 fully saturated rings. The Labute approximate surface area is 236 Å². The topological polar surface area (TPSA) is 136 Å². The molecule has 3 atom stereocenters. The summed E-state index contributed by atoms with van der Waals surface area (Å²) in [6, 6.07) is 3.06. The van der Waals surface area contributed by atoms with Crippen LogP contribution in [0.3, 0.4) is 0 Å². The average Bonchev–Trinajstić information content (AvgIpc) is 2.90. The van der Waals surface area contributed by atoms with E-state index >= 15 is 0 Å². The van der Waals surface area contributed by atoms with Crippen molar-refractivity contribution < 1.29 is 27.7 Å². The molecule has 1 unspecified atom stereocenters. The van der Waals surface area contributed by atoms with Gasteiger partial charge in [0.15, 0.2) is 5.84 Å². The Morgan fingerprint density at radius 2 is 1.93 bits per heavy atom. The maximum absolute atomic E-state index is 13.6. The Morgan fingerprint density at radius 1 is 1.27 bits per heavy atom. The van der Waals surface area contributed by atoms with Gasteiger partial charge in [-0.2, -0.15) is 13.2 Å². The van der Waals surface area contributed by atoms with Crippen molar-refractivity contribution in [3.8, 4) is 0 Å². The Kier molecular flexibility index (Phi) is 10.4. The van der Waals surface area contributed by atoms with Crippen LogP contribution in [0.15, 0.2) is 35.7 Å². The first kappa shape index (κ1) is 31.2. The summed E-state index contributed by atoms with van der Waals surface area (Å²) in [6.07, 6.45) is 0.400. The lowest BCUT2D eigenvalue weighted by atomic mass is 9.87. The third-order valence-corrected chi connectivity index (χ3v) is 7.10. The van der Waals surface area contributed by atoms with Crippen LogP contribution >= 0.6 is 11.6 Å². The molecule has 40 heavy (non-hydrogen) atoms. The first-order chi connectivity index (χ1) is 18.9. The molecule has 1 amide bonds. The van der Waals surface area contributed by atoms with Crippen LogP contribution in [-0.4, -0.2) is 46.0 Å². The number of benzene rings is 1. The molecule has 10 nitrogen and oxygen atoms in total. The van der Waals surface area contributed by atoms with Gasteiger partial charge in [0.25, 0.3) is 0 Å². The number of amidine groups is 1. The Morgan fingerprint density at radius 3 is 2.42 bits per heavy atom. The van der Waals surface area contributed by atoms with E-state index in [9.17, 15) is 18.0 Å². The normalized spacial score (nSPS) is 20.0. The monoisotopic (exact) mass is 585 g/mol. The molecule has 2 aromatic rings. The molecule has 0 bridgehead atoms. The van der Waals surface area contributed by atoms with Gasteiger partial charge in [-0.3, -0.25) is 4.90 Å². The predicted molar refractivity (Wildman–Crippen MR) is 146 cm³/mol. The first-order valence-electron chi connectivity index (χ1n) is 13.2. The van der Waals surface area contributed by atoms with E-state index in [0.29, 0.717) is 42.8 Å². The minimum absolute atomic E-state index is 0.0144. The van der Waals surface area contributed by atoms with Crippen molar-refractivity contribution in [1.82, 2.24) is 15.4 Å². The highest BCUT2D eigenvalue weighted by Gasteiger charge is 2.43. The molecular formula is C26H37ClF3N8O2+. The number of hydrogen-bond donors (Lipinski definition) is 3. The quantitative estimate of drug-likeness (QED) is 0.173. The summed E-state index contributed by atoms with van der Waals surface area (Å²) in [6.45, 7) is 7.70. The third kappa shape index (κ3) is 7.66. The van der Waals surface area contributed by atoms with Crippen LogP contribution in [0.5, 0.6) is 0 Å². The molecule has 0 saturated carbocycles. The number of nitrogens with one attached hydrogen (secondary N) is 2. The molecule has 220 valence electrons. The largest absolute Gasteiger partial charge is 0.447 e. The van der Waals surface area contributed by atoms with Gasteiger partial charge in [-0.15, -0.1) is 5.10 Å². The number of piperidine rings is 1. The van der Waals surface area contributed by atoms with Crippen LogP contribution < -0.4 is 27.0 Å². The van der Waals surface area contributed by atoms with Crippen LogP contribution in [0.2, 0.25) is 5.02 Å². The fourth-order valence-electron chi connectivity index (χ4n) is 5.05. The summed E-state index contributed by atoms with van der Waals surface area (Å²) in [5.74, 6) is 5.73. The molecule has 14 heteroatoms. The van der Waals surface area contributed by atoms with Gasteiger partial charge in [-0.05, 0) is 50.5 Å². The number of amides is 1. The fourth-order valence-corrected chi connectivity index (χ4v) is 5.31. The zero-order valence-electron chi connectivity index (χ0n) is 23.0. The van der Waals surface area contributed by atoms with Gasteiger partial charge in [0.05, 0.1) is 36.0 Å². The zero-order chi connectivity index (χ0) is 29.6. The van der Waals surface area contributed by atoms with Crippen molar-refractivity contribution in [3.05, 3.63) is 52.3 Å². The molecule has 1 aliphatic heterocycles. The maximum Gasteiger partial charge on any atom is 0.416 e. The molecule has 2 heterocycles. The van der Waals surface area contributed by atoms with Gasteiger partial charge in [0.2, 0.25) is 0 Å². The molecule has 6 N–H and O–H groups in total. The third-order valence-electron chi connectivity index (χ3n) is 6.88. The number of rotatable bonds is 9. The predicted octanol–water partition coefficient (Wildman–Crippen LogP) is 4.22. The number of hydrogen-bond acceptors (Lipinski definition) is 7. The lowest BCUT2D eigenvalue weighted by Gasteiger charge is -2.45. The smallest absolute Gasteiger partial charge is 0.416 e. The maximum atomic E-state index is 13.6. The Hall–Kier alpha value is -3.32. The number of halogens is 4. The number of ether oxygens (including phenoxy) is 1. The number of nitrogens with zero attached hydrogens (tertiary/aromatic N) is 4. The van der Waals surface area contributed by atoms with Gasteiger partial charge in [-0.1, -0.05) is 30.4 Å². The summed E-state index contributed by atoms with van der Waals surface area (Å²) < 4.78 is 46.3. The van der Waals surface area contributed by atoms with Crippen molar-refractivity contribution >= 4 is 29.5 Å². The standard InChI is InChI=1S/C26H36ClF3N8O2/c1-5-20-10-22(11-21(6-2)38(20)25(39)40-15(3)4)37(24-33-12-17(13-34-24)23(31)35-36-32)14-16-7-18(26(28,29)30)9-19(27)8-16/h7-9,12-13,15,20-22,36H,5-6,10-11,14,32H2,1-4H3,(H2,31,35)/p+1/t20-,21+,22?. The molecule has 0 radical (unpaired) electrons. The van der Waals surface area contributed by atoms with Gasteiger partial charge >= 0.3 is 18.2 Å². The average molecular weight is 586 g/mol. The number of hydrazine groups is 1. The minimum Gasteiger partial charge on any atom is -0.447 e. The van der Waals surface area contributed by atoms with E-state index in [1.165, 1.54) is 12.3 Å². The number of aromatic amines is 1. The van der Waals surface area contributed by atoms with Crippen molar-refractivity contribution in [2.24, 2.45) is 16.7 Å². The summed E-state index contributed by atoms with van der Waals surface area (Å²) in [7, 11) is 0. The molecule has 0 aliphatic carbocycles.